The van der Waals surface area contributed by atoms with Crippen molar-refractivity contribution >= 4 is 51.1 Å². The highest BCUT2D eigenvalue weighted by molar-refractivity contribution is 14.1. The van der Waals surface area contributed by atoms with E-state index in [2.05, 4.69) is 27.9 Å². The summed E-state index contributed by atoms with van der Waals surface area (Å²) in [5.41, 5.74) is 2.89. The van der Waals surface area contributed by atoms with Crippen LogP contribution < -0.4 is 10.1 Å². The number of carboxylic acids is 1. The normalized spacial score (nSPS) is 10.8. The summed E-state index contributed by atoms with van der Waals surface area (Å²) in [6.45, 7) is 3.58. The summed E-state index contributed by atoms with van der Waals surface area (Å²) in [6.07, 6.45) is -0.160. The van der Waals surface area contributed by atoms with Crippen LogP contribution >= 0.6 is 22.6 Å². The summed E-state index contributed by atoms with van der Waals surface area (Å²) in [4.78, 5) is 22.4. The van der Waals surface area contributed by atoms with Crippen molar-refractivity contribution in [3.05, 3.63) is 56.9 Å². The maximum atomic E-state index is 11.3. The van der Waals surface area contributed by atoms with Crippen molar-refractivity contribution in [2.45, 2.75) is 26.9 Å². The van der Waals surface area contributed by atoms with Gasteiger partial charge in [-0.25, -0.2) is 0 Å². The summed E-state index contributed by atoms with van der Waals surface area (Å²) < 4.78 is 12.6. The zero-order valence-corrected chi connectivity index (χ0v) is 17.0. The average Bonchev–Trinajstić information content (AvgIpc) is 2.95. The van der Waals surface area contributed by atoms with E-state index in [1.807, 2.05) is 25.1 Å². The van der Waals surface area contributed by atoms with Gasteiger partial charge in [-0.1, -0.05) is 6.07 Å². The number of rotatable bonds is 6. The zero-order chi connectivity index (χ0) is 19.6. The van der Waals surface area contributed by atoms with E-state index < -0.39 is 5.97 Å². The molecule has 0 fully saturated rings. The number of furan rings is 1. The number of aliphatic carboxylic acids is 1. The van der Waals surface area contributed by atoms with Gasteiger partial charge in [0.15, 0.2) is 0 Å². The standard InChI is InChI=1S/C20H18INO5/c1-11-5-15-6-13(7-17(21)20(15)27-11)10-26-18-9-16(22-12(2)23)4-3-14(18)8-19(24)25/h3-7,9H,8,10H2,1-2H3,(H,22,23)(H,24,25). The molecule has 0 aliphatic heterocycles. The molecule has 7 heteroatoms. The van der Waals surface area contributed by atoms with Crippen LogP contribution in [0.1, 0.15) is 23.8 Å². The number of amides is 1. The third kappa shape index (κ3) is 4.79. The number of aryl methyl sites for hydroxylation is 1. The summed E-state index contributed by atoms with van der Waals surface area (Å²) >= 11 is 2.22. The smallest absolute Gasteiger partial charge is 0.307 e. The largest absolute Gasteiger partial charge is 0.489 e. The molecule has 0 spiro atoms. The molecule has 140 valence electrons. The van der Waals surface area contributed by atoms with Crippen LogP contribution in [-0.4, -0.2) is 17.0 Å². The van der Waals surface area contributed by atoms with E-state index in [1.54, 1.807) is 18.2 Å². The van der Waals surface area contributed by atoms with E-state index in [-0.39, 0.29) is 18.9 Å². The molecule has 1 amide bonds. The van der Waals surface area contributed by atoms with Crippen molar-refractivity contribution in [3.8, 4) is 5.75 Å². The molecule has 6 nitrogen and oxygen atoms in total. The van der Waals surface area contributed by atoms with Crippen LogP contribution in [-0.2, 0) is 22.6 Å². The first kappa shape index (κ1) is 19.2. The second-order valence-corrected chi connectivity index (χ2v) is 7.38. The van der Waals surface area contributed by atoms with Gasteiger partial charge in [0.2, 0.25) is 5.91 Å². The highest BCUT2D eigenvalue weighted by atomic mass is 127. The Labute approximate surface area is 169 Å². The molecule has 2 N–H and O–H groups in total. The summed E-state index contributed by atoms with van der Waals surface area (Å²) in [7, 11) is 0. The fourth-order valence-electron chi connectivity index (χ4n) is 2.82. The number of hydrogen-bond donors (Lipinski definition) is 2. The predicted octanol–water partition coefficient (Wildman–Crippen LogP) is 4.51. The van der Waals surface area contributed by atoms with Gasteiger partial charge < -0.3 is 19.6 Å². The lowest BCUT2D eigenvalue weighted by molar-refractivity contribution is -0.136. The first-order chi connectivity index (χ1) is 12.8. The number of nitrogens with one attached hydrogen (secondary N) is 1. The highest BCUT2D eigenvalue weighted by Crippen LogP contribution is 2.28. The Bertz CT molecular complexity index is 1020. The van der Waals surface area contributed by atoms with Gasteiger partial charge in [-0.2, -0.15) is 0 Å². The predicted molar refractivity (Wildman–Crippen MR) is 110 cm³/mol. The molecule has 0 unspecified atom stereocenters. The molecule has 3 rings (SSSR count). The molecular weight excluding hydrogens is 461 g/mol. The Balaban J connectivity index is 1.86. The highest BCUT2D eigenvalue weighted by Gasteiger charge is 2.12. The molecule has 0 saturated heterocycles. The summed E-state index contributed by atoms with van der Waals surface area (Å²) in [5.74, 6) is 0.120. The number of halogens is 1. The quantitative estimate of drug-likeness (QED) is 0.508. The molecule has 27 heavy (non-hydrogen) atoms. The maximum Gasteiger partial charge on any atom is 0.307 e. The fraction of sp³-hybridized carbons (Fsp3) is 0.200. The molecule has 0 saturated carbocycles. The fourth-order valence-corrected chi connectivity index (χ4v) is 3.64. The summed E-state index contributed by atoms with van der Waals surface area (Å²) in [6, 6.07) is 10.9. The van der Waals surface area contributed by atoms with E-state index in [0.29, 0.717) is 17.0 Å². The number of carbonyl (C=O) groups excluding carboxylic acids is 1. The molecule has 0 bridgehead atoms. The number of fused-ring (bicyclic) bond motifs is 1. The van der Waals surface area contributed by atoms with Crippen molar-refractivity contribution in [2.24, 2.45) is 0 Å². The van der Waals surface area contributed by atoms with E-state index in [9.17, 15) is 9.59 Å². The molecule has 0 aliphatic carbocycles. The first-order valence-electron chi connectivity index (χ1n) is 8.25. The molecule has 1 aromatic heterocycles. The van der Waals surface area contributed by atoms with E-state index in [0.717, 1.165) is 25.9 Å². The maximum absolute atomic E-state index is 11.3. The molecule has 0 aliphatic rings. The topological polar surface area (TPSA) is 88.8 Å². The van der Waals surface area contributed by atoms with Crippen molar-refractivity contribution < 1.29 is 23.8 Å². The van der Waals surface area contributed by atoms with Gasteiger partial charge in [0.1, 0.15) is 23.7 Å². The van der Waals surface area contributed by atoms with Gasteiger partial charge in [-0.05, 0) is 59.3 Å². The lowest BCUT2D eigenvalue weighted by Gasteiger charge is -2.13. The minimum Gasteiger partial charge on any atom is -0.489 e. The van der Waals surface area contributed by atoms with Crippen LogP contribution in [0.2, 0.25) is 0 Å². The average molecular weight is 479 g/mol. The van der Waals surface area contributed by atoms with Crippen LogP contribution in [0.3, 0.4) is 0 Å². The molecule has 0 radical (unpaired) electrons. The molecule has 3 aromatic rings. The lowest BCUT2D eigenvalue weighted by Crippen LogP contribution is -2.08. The number of ether oxygens (including phenoxy) is 1. The van der Waals surface area contributed by atoms with E-state index >= 15 is 0 Å². The van der Waals surface area contributed by atoms with Crippen LogP contribution in [0.4, 0.5) is 5.69 Å². The molecule has 0 atom stereocenters. The molecular formula is C20H18INO5. The molecule has 1 heterocycles. The van der Waals surface area contributed by atoms with E-state index in [1.165, 1.54) is 6.92 Å². The third-order valence-corrected chi connectivity index (χ3v) is 4.68. The van der Waals surface area contributed by atoms with Crippen LogP contribution in [0.5, 0.6) is 5.75 Å². The van der Waals surface area contributed by atoms with Crippen molar-refractivity contribution in [2.75, 3.05) is 5.32 Å². The number of hydrogen-bond acceptors (Lipinski definition) is 4. The Kier molecular flexibility index (Phi) is 5.69. The zero-order valence-electron chi connectivity index (χ0n) is 14.8. The first-order valence-corrected chi connectivity index (χ1v) is 9.33. The van der Waals surface area contributed by atoms with Crippen LogP contribution in [0, 0.1) is 10.5 Å². The monoisotopic (exact) mass is 479 g/mol. The van der Waals surface area contributed by atoms with Crippen molar-refractivity contribution in [1.82, 2.24) is 0 Å². The lowest BCUT2D eigenvalue weighted by atomic mass is 10.1. The van der Waals surface area contributed by atoms with Gasteiger partial charge in [0, 0.05) is 29.6 Å². The number of anilines is 1. The van der Waals surface area contributed by atoms with Gasteiger partial charge in [0.25, 0.3) is 0 Å². The van der Waals surface area contributed by atoms with Crippen LogP contribution in [0.15, 0.2) is 40.8 Å². The van der Waals surface area contributed by atoms with Crippen LogP contribution in [0.25, 0.3) is 11.0 Å². The second kappa shape index (κ2) is 7.99. The Morgan fingerprint density at radius 1 is 1.22 bits per heavy atom. The van der Waals surface area contributed by atoms with Gasteiger partial charge in [0.05, 0.1) is 9.99 Å². The minimum absolute atomic E-state index is 0.160. The Hall–Kier alpha value is -2.55. The Morgan fingerprint density at radius 3 is 2.70 bits per heavy atom. The summed E-state index contributed by atoms with van der Waals surface area (Å²) in [5, 5.41) is 12.8. The van der Waals surface area contributed by atoms with Gasteiger partial charge in [-0.3, -0.25) is 9.59 Å². The van der Waals surface area contributed by atoms with E-state index in [4.69, 9.17) is 14.3 Å². The third-order valence-electron chi connectivity index (χ3n) is 3.88. The van der Waals surface area contributed by atoms with Gasteiger partial charge in [-0.15, -0.1) is 0 Å². The van der Waals surface area contributed by atoms with Crippen molar-refractivity contribution in [3.63, 3.8) is 0 Å². The van der Waals surface area contributed by atoms with Crippen molar-refractivity contribution in [1.29, 1.82) is 0 Å². The second-order valence-electron chi connectivity index (χ2n) is 6.22. The minimum atomic E-state index is -0.947. The molecule has 2 aromatic carbocycles. The Morgan fingerprint density at radius 2 is 2.00 bits per heavy atom. The number of carbonyl (C=O) groups is 2. The number of benzene rings is 2. The van der Waals surface area contributed by atoms with Gasteiger partial charge >= 0.3 is 5.97 Å². The SMILES string of the molecule is CC(=O)Nc1ccc(CC(=O)O)c(OCc2cc(I)c3oc(C)cc3c2)c1. The number of carboxylic acid groups (broad SMARTS) is 1.